The van der Waals surface area contributed by atoms with Gasteiger partial charge in [-0.2, -0.15) is 0 Å². The SMILES string of the molecule is CC(C)(O)C(C)(C)OB(O)c1ccnc(-c2ccccc2)c1. The van der Waals surface area contributed by atoms with Crippen LogP contribution in [0.4, 0.5) is 0 Å². The number of benzene rings is 1. The van der Waals surface area contributed by atoms with Crippen LogP contribution >= 0.6 is 0 Å². The minimum absolute atomic E-state index is 0.603. The maximum absolute atomic E-state index is 10.3. The van der Waals surface area contributed by atoms with E-state index in [1.807, 2.05) is 30.3 Å². The fourth-order valence-corrected chi connectivity index (χ4v) is 1.86. The maximum atomic E-state index is 10.3. The molecule has 0 aliphatic carbocycles. The van der Waals surface area contributed by atoms with Crippen LogP contribution in [0.1, 0.15) is 27.7 Å². The van der Waals surface area contributed by atoms with Crippen molar-refractivity contribution in [2.24, 2.45) is 0 Å². The number of aliphatic hydroxyl groups is 1. The Balaban J connectivity index is 2.23. The number of aromatic nitrogens is 1. The van der Waals surface area contributed by atoms with Crippen LogP contribution < -0.4 is 5.46 Å². The molecule has 5 heteroatoms. The molecule has 1 heterocycles. The Labute approximate surface area is 131 Å². The van der Waals surface area contributed by atoms with E-state index in [1.54, 1.807) is 46.0 Å². The molecule has 0 bridgehead atoms. The quantitative estimate of drug-likeness (QED) is 0.829. The number of pyridine rings is 1. The first-order valence-electron chi connectivity index (χ1n) is 7.30. The van der Waals surface area contributed by atoms with E-state index in [9.17, 15) is 10.1 Å². The van der Waals surface area contributed by atoms with Crippen LogP contribution in [-0.4, -0.2) is 33.4 Å². The van der Waals surface area contributed by atoms with E-state index >= 15 is 0 Å². The van der Waals surface area contributed by atoms with Crippen LogP contribution in [0.15, 0.2) is 48.7 Å². The van der Waals surface area contributed by atoms with E-state index in [-0.39, 0.29) is 0 Å². The summed E-state index contributed by atoms with van der Waals surface area (Å²) >= 11 is 0. The van der Waals surface area contributed by atoms with Gasteiger partial charge in [0.25, 0.3) is 0 Å². The maximum Gasteiger partial charge on any atom is 0.491 e. The largest absolute Gasteiger partial charge is 0.491 e. The smallest absolute Gasteiger partial charge is 0.423 e. The molecule has 2 N–H and O–H groups in total. The molecule has 2 aromatic rings. The van der Waals surface area contributed by atoms with Gasteiger partial charge in [-0.05, 0) is 45.3 Å². The Morgan fingerprint density at radius 1 is 1.05 bits per heavy atom. The molecule has 0 atom stereocenters. The van der Waals surface area contributed by atoms with Gasteiger partial charge in [0, 0.05) is 11.8 Å². The lowest BCUT2D eigenvalue weighted by Crippen LogP contribution is -2.53. The van der Waals surface area contributed by atoms with Gasteiger partial charge in [-0.25, -0.2) is 0 Å². The van der Waals surface area contributed by atoms with Crippen LogP contribution in [0, 0.1) is 0 Å². The summed E-state index contributed by atoms with van der Waals surface area (Å²) in [4.78, 5) is 4.32. The van der Waals surface area contributed by atoms with Crippen molar-refractivity contribution in [1.29, 1.82) is 0 Å². The summed E-state index contributed by atoms with van der Waals surface area (Å²) in [6.45, 7) is 6.80. The highest BCUT2D eigenvalue weighted by molar-refractivity contribution is 6.60. The first-order valence-corrected chi connectivity index (χ1v) is 7.30. The Hall–Kier alpha value is -1.69. The van der Waals surface area contributed by atoms with Crippen molar-refractivity contribution in [1.82, 2.24) is 4.98 Å². The highest BCUT2D eigenvalue weighted by Crippen LogP contribution is 2.25. The van der Waals surface area contributed by atoms with E-state index in [0.717, 1.165) is 11.3 Å². The van der Waals surface area contributed by atoms with Crippen molar-refractivity contribution in [3.05, 3.63) is 48.7 Å². The Morgan fingerprint density at radius 2 is 1.68 bits per heavy atom. The van der Waals surface area contributed by atoms with Crippen molar-refractivity contribution in [3.63, 3.8) is 0 Å². The number of hydrogen-bond acceptors (Lipinski definition) is 4. The average molecular weight is 299 g/mol. The normalized spacial score (nSPS) is 12.3. The van der Waals surface area contributed by atoms with Gasteiger partial charge >= 0.3 is 7.12 Å². The lowest BCUT2D eigenvalue weighted by molar-refractivity contribution is -0.0982. The fraction of sp³-hybridized carbons (Fsp3) is 0.353. The molecule has 0 amide bonds. The topological polar surface area (TPSA) is 62.6 Å². The standard InChI is InChI=1S/C17H22BNO3/c1-16(2,20)17(3,4)22-18(21)14-10-11-19-15(12-14)13-8-6-5-7-9-13/h5-12,20-21H,1-4H3. The second kappa shape index (κ2) is 6.20. The van der Waals surface area contributed by atoms with Gasteiger partial charge in [0.15, 0.2) is 0 Å². The summed E-state index contributed by atoms with van der Waals surface area (Å²) in [7, 11) is -1.13. The van der Waals surface area contributed by atoms with E-state index in [2.05, 4.69) is 4.98 Å². The summed E-state index contributed by atoms with van der Waals surface area (Å²) in [6.07, 6.45) is 1.64. The molecule has 0 unspecified atom stereocenters. The van der Waals surface area contributed by atoms with Crippen molar-refractivity contribution >= 4 is 12.6 Å². The highest BCUT2D eigenvalue weighted by atomic mass is 16.5. The zero-order valence-corrected chi connectivity index (χ0v) is 13.4. The third kappa shape index (κ3) is 3.74. The molecule has 116 valence electrons. The van der Waals surface area contributed by atoms with E-state index in [4.69, 9.17) is 4.65 Å². The Kier molecular flexibility index (Phi) is 4.70. The van der Waals surface area contributed by atoms with Crippen LogP contribution in [0.2, 0.25) is 0 Å². The minimum Gasteiger partial charge on any atom is -0.423 e. The molecule has 0 saturated heterocycles. The van der Waals surface area contributed by atoms with Crippen LogP contribution in [0.25, 0.3) is 11.3 Å². The summed E-state index contributed by atoms with van der Waals surface area (Å²) in [5.74, 6) is 0. The second-order valence-corrected chi connectivity index (χ2v) is 6.38. The molecule has 22 heavy (non-hydrogen) atoms. The summed E-state index contributed by atoms with van der Waals surface area (Å²) in [6, 6.07) is 13.2. The molecule has 0 spiro atoms. The van der Waals surface area contributed by atoms with Crippen LogP contribution in [0.5, 0.6) is 0 Å². The molecule has 0 radical (unpaired) electrons. The highest BCUT2D eigenvalue weighted by Gasteiger charge is 2.39. The summed E-state index contributed by atoms with van der Waals surface area (Å²) in [5.41, 5.74) is 0.359. The molecule has 0 aliphatic rings. The second-order valence-electron chi connectivity index (χ2n) is 6.38. The zero-order chi connectivity index (χ0) is 16.4. The number of nitrogens with zero attached hydrogens (tertiary/aromatic N) is 1. The monoisotopic (exact) mass is 299 g/mol. The van der Waals surface area contributed by atoms with Gasteiger partial charge in [-0.1, -0.05) is 30.3 Å². The van der Waals surface area contributed by atoms with Gasteiger partial charge in [0.1, 0.15) is 0 Å². The third-order valence-corrected chi connectivity index (χ3v) is 4.02. The van der Waals surface area contributed by atoms with Gasteiger partial charge < -0.3 is 14.8 Å². The summed E-state index contributed by atoms with van der Waals surface area (Å²) < 4.78 is 5.66. The summed E-state index contributed by atoms with van der Waals surface area (Å²) in [5, 5.41) is 20.5. The first-order chi connectivity index (χ1) is 10.2. The average Bonchev–Trinajstić information content (AvgIpc) is 2.47. The molecule has 4 nitrogen and oxygen atoms in total. The molecule has 1 aromatic heterocycles. The zero-order valence-electron chi connectivity index (χ0n) is 13.4. The van der Waals surface area contributed by atoms with E-state index < -0.39 is 18.3 Å². The molecule has 0 aliphatic heterocycles. The van der Waals surface area contributed by atoms with Gasteiger partial charge in [0.2, 0.25) is 0 Å². The molecule has 0 fully saturated rings. The fourth-order valence-electron chi connectivity index (χ4n) is 1.86. The van der Waals surface area contributed by atoms with Crippen molar-refractivity contribution < 1.29 is 14.8 Å². The Morgan fingerprint density at radius 3 is 2.27 bits per heavy atom. The third-order valence-electron chi connectivity index (χ3n) is 4.02. The number of hydrogen-bond donors (Lipinski definition) is 2. The van der Waals surface area contributed by atoms with E-state index in [0.29, 0.717) is 5.46 Å². The molecular weight excluding hydrogens is 277 g/mol. The van der Waals surface area contributed by atoms with E-state index in [1.165, 1.54) is 0 Å². The van der Waals surface area contributed by atoms with Crippen LogP contribution in [-0.2, 0) is 4.65 Å². The van der Waals surface area contributed by atoms with Gasteiger partial charge in [0.05, 0.1) is 16.9 Å². The van der Waals surface area contributed by atoms with Gasteiger partial charge in [-0.15, -0.1) is 0 Å². The molecular formula is C17H22BNO3. The van der Waals surface area contributed by atoms with Crippen molar-refractivity contribution in [2.75, 3.05) is 0 Å². The lowest BCUT2D eigenvalue weighted by atomic mass is 9.76. The Bertz CT molecular complexity index is 623. The lowest BCUT2D eigenvalue weighted by Gasteiger charge is -2.38. The number of rotatable bonds is 5. The first kappa shape index (κ1) is 16.7. The van der Waals surface area contributed by atoms with Gasteiger partial charge in [-0.3, -0.25) is 4.98 Å². The molecule has 1 aromatic carbocycles. The predicted octanol–water partition coefficient (Wildman–Crippen LogP) is 2.00. The predicted molar refractivity (Wildman–Crippen MR) is 88.7 cm³/mol. The minimum atomic E-state index is -1.13. The van der Waals surface area contributed by atoms with Crippen LogP contribution in [0.3, 0.4) is 0 Å². The van der Waals surface area contributed by atoms with Crippen molar-refractivity contribution in [2.45, 2.75) is 38.9 Å². The van der Waals surface area contributed by atoms with Crippen molar-refractivity contribution in [3.8, 4) is 11.3 Å². The molecule has 2 rings (SSSR count). The molecule has 0 saturated carbocycles.